The molecule has 1 amide bonds. The predicted octanol–water partition coefficient (Wildman–Crippen LogP) is 2.53. The molecule has 1 atom stereocenters. The van der Waals surface area contributed by atoms with E-state index in [1.54, 1.807) is 0 Å². The van der Waals surface area contributed by atoms with Gasteiger partial charge in [-0.1, -0.05) is 13.0 Å². The van der Waals surface area contributed by atoms with Gasteiger partial charge in [0.15, 0.2) is 0 Å². The number of carboxylic acids is 1. The van der Waals surface area contributed by atoms with Crippen LogP contribution in [0.25, 0.3) is 0 Å². The van der Waals surface area contributed by atoms with Gasteiger partial charge in [0.05, 0.1) is 10.9 Å². The van der Waals surface area contributed by atoms with E-state index in [-0.39, 0.29) is 17.6 Å². The lowest BCUT2D eigenvalue weighted by atomic mass is 10.1. The van der Waals surface area contributed by atoms with E-state index < -0.39 is 5.97 Å². The van der Waals surface area contributed by atoms with E-state index in [9.17, 15) is 9.59 Å². The fraction of sp³-hybridized carbons (Fsp3) is 0.385. The minimum Gasteiger partial charge on any atom is -0.481 e. The molecule has 0 aromatic heterocycles. The normalized spacial score (nSPS) is 18.1. The van der Waals surface area contributed by atoms with Crippen LogP contribution in [0.5, 0.6) is 0 Å². The molecule has 0 saturated heterocycles. The minimum atomic E-state index is -0.864. The maximum Gasteiger partial charge on any atom is 0.303 e. The summed E-state index contributed by atoms with van der Waals surface area (Å²) < 4.78 is 0. The first kappa shape index (κ1) is 13.0. The maximum atomic E-state index is 11.8. The van der Waals surface area contributed by atoms with E-state index in [2.05, 4.69) is 18.3 Å². The van der Waals surface area contributed by atoms with Gasteiger partial charge >= 0.3 is 5.97 Å². The molecule has 2 N–H and O–H groups in total. The molecule has 5 heteroatoms. The fourth-order valence-corrected chi connectivity index (χ4v) is 3.03. The summed E-state index contributed by atoms with van der Waals surface area (Å²) >= 11 is 1.46. The highest BCUT2D eigenvalue weighted by Gasteiger charge is 2.27. The van der Waals surface area contributed by atoms with Crippen LogP contribution in [-0.4, -0.2) is 22.2 Å². The van der Waals surface area contributed by atoms with Gasteiger partial charge < -0.3 is 10.4 Å². The third-order valence-electron chi connectivity index (χ3n) is 2.89. The Hall–Kier alpha value is -1.49. The van der Waals surface area contributed by atoms with Crippen molar-refractivity contribution in [3.63, 3.8) is 0 Å². The van der Waals surface area contributed by atoms with Crippen molar-refractivity contribution in [3.05, 3.63) is 23.8 Å². The number of anilines is 1. The number of fused-ring (bicyclic) bond motifs is 1. The van der Waals surface area contributed by atoms with Crippen LogP contribution >= 0.6 is 11.8 Å². The second kappa shape index (κ2) is 5.44. The van der Waals surface area contributed by atoms with Crippen molar-refractivity contribution in [1.82, 2.24) is 0 Å². The first-order valence-corrected chi connectivity index (χ1v) is 6.80. The standard InChI is InChI=1S/C13H15NO3S/c1-2-8-3-4-9-11(7-8)18-10(13(17)14-9)5-6-12(15)16/h3-4,7,10H,2,5-6H2,1H3,(H,14,17)(H,15,16). The molecule has 1 aromatic carbocycles. The zero-order valence-electron chi connectivity index (χ0n) is 10.1. The molecule has 4 nitrogen and oxygen atoms in total. The number of carboxylic acid groups (broad SMARTS) is 1. The van der Waals surface area contributed by atoms with Crippen molar-refractivity contribution in [2.24, 2.45) is 0 Å². The van der Waals surface area contributed by atoms with Crippen molar-refractivity contribution >= 4 is 29.3 Å². The van der Waals surface area contributed by atoms with Gasteiger partial charge in [0.25, 0.3) is 0 Å². The molecule has 18 heavy (non-hydrogen) atoms. The highest BCUT2D eigenvalue weighted by Crippen LogP contribution is 2.37. The number of hydrogen-bond donors (Lipinski definition) is 2. The molecule has 96 valence electrons. The van der Waals surface area contributed by atoms with E-state index in [4.69, 9.17) is 5.11 Å². The van der Waals surface area contributed by atoms with Gasteiger partial charge in [-0.25, -0.2) is 0 Å². The van der Waals surface area contributed by atoms with Crippen LogP contribution < -0.4 is 5.32 Å². The fourth-order valence-electron chi connectivity index (χ4n) is 1.85. The Morgan fingerprint density at radius 1 is 1.50 bits per heavy atom. The highest BCUT2D eigenvalue weighted by molar-refractivity contribution is 8.01. The zero-order chi connectivity index (χ0) is 13.1. The highest BCUT2D eigenvalue weighted by atomic mass is 32.2. The molecule has 1 heterocycles. The topological polar surface area (TPSA) is 66.4 Å². The third-order valence-corrected chi connectivity index (χ3v) is 4.22. The van der Waals surface area contributed by atoms with E-state index in [0.717, 1.165) is 17.0 Å². The van der Waals surface area contributed by atoms with Gasteiger partial charge in [-0.3, -0.25) is 9.59 Å². The van der Waals surface area contributed by atoms with E-state index >= 15 is 0 Å². The van der Waals surface area contributed by atoms with Crippen LogP contribution in [0.2, 0.25) is 0 Å². The largest absolute Gasteiger partial charge is 0.481 e. The van der Waals surface area contributed by atoms with Gasteiger partial charge in [0, 0.05) is 11.3 Å². The third kappa shape index (κ3) is 2.85. The lowest BCUT2D eigenvalue weighted by molar-refractivity contribution is -0.137. The summed E-state index contributed by atoms with van der Waals surface area (Å²) in [6.45, 7) is 2.08. The number of hydrogen-bond acceptors (Lipinski definition) is 3. The summed E-state index contributed by atoms with van der Waals surface area (Å²) in [4.78, 5) is 23.4. The Bertz CT molecular complexity index is 487. The van der Waals surface area contributed by atoms with Crippen LogP contribution in [0.15, 0.2) is 23.1 Å². The number of carbonyl (C=O) groups excluding carboxylic acids is 1. The Balaban J connectivity index is 2.14. The van der Waals surface area contributed by atoms with Crippen molar-refractivity contribution < 1.29 is 14.7 Å². The van der Waals surface area contributed by atoms with Gasteiger partial charge in [-0.2, -0.15) is 0 Å². The van der Waals surface area contributed by atoms with Crippen molar-refractivity contribution in [2.75, 3.05) is 5.32 Å². The van der Waals surface area contributed by atoms with Crippen LogP contribution in [0.3, 0.4) is 0 Å². The summed E-state index contributed by atoms with van der Waals surface area (Å²) in [5.74, 6) is -0.963. The maximum absolute atomic E-state index is 11.8. The van der Waals surface area contributed by atoms with Crippen LogP contribution in [0, 0.1) is 0 Å². The Morgan fingerprint density at radius 3 is 2.94 bits per heavy atom. The average molecular weight is 265 g/mol. The van der Waals surface area contributed by atoms with Crippen molar-refractivity contribution in [3.8, 4) is 0 Å². The number of thioether (sulfide) groups is 1. The molecular formula is C13H15NO3S. The summed E-state index contributed by atoms with van der Waals surface area (Å²) in [5, 5.41) is 11.2. The molecule has 1 aromatic rings. The number of aryl methyl sites for hydroxylation is 1. The lowest BCUT2D eigenvalue weighted by Gasteiger charge is -2.24. The number of aliphatic carboxylic acids is 1. The summed E-state index contributed by atoms with van der Waals surface area (Å²) in [6, 6.07) is 5.97. The van der Waals surface area contributed by atoms with Gasteiger partial charge in [0.1, 0.15) is 0 Å². The first-order valence-electron chi connectivity index (χ1n) is 5.92. The summed E-state index contributed by atoms with van der Waals surface area (Å²) in [6.07, 6.45) is 1.33. The molecule has 1 aliphatic rings. The number of amides is 1. The monoisotopic (exact) mass is 265 g/mol. The van der Waals surface area contributed by atoms with Crippen molar-refractivity contribution in [2.45, 2.75) is 36.3 Å². The quantitative estimate of drug-likeness (QED) is 0.878. The number of benzene rings is 1. The predicted molar refractivity (Wildman–Crippen MR) is 71.0 cm³/mol. The van der Waals surface area contributed by atoms with Crippen LogP contribution in [0.4, 0.5) is 5.69 Å². The van der Waals surface area contributed by atoms with Crippen LogP contribution in [-0.2, 0) is 16.0 Å². The second-order valence-electron chi connectivity index (χ2n) is 4.21. The summed E-state index contributed by atoms with van der Waals surface area (Å²) in [5.41, 5.74) is 2.04. The van der Waals surface area contributed by atoms with Crippen LogP contribution in [0.1, 0.15) is 25.3 Å². The minimum absolute atomic E-state index is 0.0217. The molecule has 0 bridgehead atoms. The Labute approximate surface area is 110 Å². The van der Waals surface area contributed by atoms with E-state index in [1.165, 1.54) is 17.3 Å². The number of nitrogens with one attached hydrogen (secondary N) is 1. The van der Waals surface area contributed by atoms with Crippen molar-refractivity contribution in [1.29, 1.82) is 0 Å². The average Bonchev–Trinajstić information content (AvgIpc) is 2.35. The smallest absolute Gasteiger partial charge is 0.303 e. The summed E-state index contributed by atoms with van der Waals surface area (Å²) in [7, 11) is 0. The molecular weight excluding hydrogens is 250 g/mol. The second-order valence-corrected chi connectivity index (χ2v) is 5.46. The molecule has 0 radical (unpaired) electrons. The SMILES string of the molecule is CCc1ccc2c(c1)SC(CCC(=O)O)C(=O)N2. The first-order chi connectivity index (χ1) is 8.60. The molecule has 1 aliphatic heterocycles. The molecule has 1 unspecified atom stereocenters. The molecule has 0 fully saturated rings. The lowest BCUT2D eigenvalue weighted by Crippen LogP contribution is -2.29. The number of carbonyl (C=O) groups is 2. The Kier molecular flexibility index (Phi) is 3.91. The molecule has 0 spiro atoms. The van der Waals surface area contributed by atoms with Gasteiger partial charge in [-0.05, 0) is 30.5 Å². The van der Waals surface area contributed by atoms with Gasteiger partial charge in [-0.15, -0.1) is 11.8 Å². The van der Waals surface area contributed by atoms with E-state index in [0.29, 0.717) is 6.42 Å². The Morgan fingerprint density at radius 2 is 2.28 bits per heavy atom. The molecule has 0 saturated carbocycles. The van der Waals surface area contributed by atoms with E-state index in [1.807, 2.05) is 12.1 Å². The number of rotatable bonds is 4. The van der Waals surface area contributed by atoms with Gasteiger partial charge in [0.2, 0.25) is 5.91 Å². The molecule has 2 rings (SSSR count). The zero-order valence-corrected chi connectivity index (χ0v) is 10.9. The molecule has 0 aliphatic carbocycles.